The maximum atomic E-state index is 13.6. The summed E-state index contributed by atoms with van der Waals surface area (Å²) < 4.78 is 2.10. The first-order valence-corrected chi connectivity index (χ1v) is 10.6. The van der Waals surface area contributed by atoms with Gasteiger partial charge in [-0.05, 0) is 37.8 Å². The van der Waals surface area contributed by atoms with E-state index in [2.05, 4.69) is 14.8 Å². The van der Waals surface area contributed by atoms with E-state index in [0.717, 1.165) is 32.1 Å². The van der Waals surface area contributed by atoms with Crippen LogP contribution in [0.5, 0.6) is 0 Å². The molecule has 0 saturated heterocycles. The van der Waals surface area contributed by atoms with Crippen molar-refractivity contribution in [2.75, 3.05) is 4.90 Å². The van der Waals surface area contributed by atoms with Gasteiger partial charge in [0.15, 0.2) is 0 Å². The third-order valence-electron chi connectivity index (χ3n) is 6.96. The number of benzene rings is 1. The van der Waals surface area contributed by atoms with Crippen LogP contribution in [-0.4, -0.2) is 26.7 Å². The lowest BCUT2D eigenvalue weighted by molar-refractivity contribution is 0.0313. The van der Waals surface area contributed by atoms with Crippen LogP contribution in [0.2, 0.25) is 5.02 Å². The zero-order valence-corrected chi connectivity index (χ0v) is 16.2. The van der Waals surface area contributed by atoms with Gasteiger partial charge in [0.2, 0.25) is 5.95 Å². The molecule has 27 heavy (non-hydrogen) atoms. The lowest BCUT2D eigenvalue weighted by Gasteiger charge is -2.55. The van der Waals surface area contributed by atoms with Gasteiger partial charge in [0, 0.05) is 12.0 Å². The molecule has 142 valence electrons. The molecule has 5 rings (SSSR count). The van der Waals surface area contributed by atoms with Crippen LogP contribution < -0.4 is 4.90 Å². The molecule has 0 N–H and O–H groups in total. The fourth-order valence-electron chi connectivity index (χ4n) is 5.82. The Bertz CT molecular complexity index is 857. The molecule has 2 saturated carbocycles. The van der Waals surface area contributed by atoms with Gasteiger partial charge in [0.1, 0.15) is 6.33 Å². The Balaban J connectivity index is 1.64. The average molecular weight is 385 g/mol. The number of halogens is 1. The van der Waals surface area contributed by atoms with Crippen LogP contribution in [-0.2, 0) is 5.54 Å². The summed E-state index contributed by atoms with van der Waals surface area (Å²) in [6, 6.07) is 7.52. The van der Waals surface area contributed by atoms with Crippen LogP contribution in [0.1, 0.15) is 68.1 Å². The highest BCUT2D eigenvalue weighted by Crippen LogP contribution is 2.52. The molecule has 2 unspecified atom stereocenters. The normalized spacial score (nSPS) is 26.5. The number of carbonyl (C=O) groups is 1. The third kappa shape index (κ3) is 2.54. The predicted octanol–water partition coefficient (Wildman–Crippen LogP) is 4.81. The summed E-state index contributed by atoms with van der Waals surface area (Å²) in [6.07, 6.45) is 12.3. The van der Waals surface area contributed by atoms with Gasteiger partial charge in [0.25, 0.3) is 5.91 Å². The minimum atomic E-state index is -0.0441. The first-order valence-electron chi connectivity index (χ1n) is 10.2. The topological polar surface area (TPSA) is 51.0 Å². The van der Waals surface area contributed by atoms with Gasteiger partial charge in [0.05, 0.1) is 16.1 Å². The number of aromatic nitrogens is 3. The highest BCUT2D eigenvalue weighted by Gasteiger charge is 2.54. The molecule has 0 radical (unpaired) electrons. The van der Waals surface area contributed by atoms with E-state index in [1.54, 1.807) is 12.4 Å². The Hall–Kier alpha value is -1.88. The van der Waals surface area contributed by atoms with Crippen LogP contribution in [0, 0.1) is 5.92 Å². The summed E-state index contributed by atoms with van der Waals surface area (Å²) in [6.45, 7) is 0. The fraction of sp³-hybridized carbons (Fsp3) is 0.571. The summed E-state index contributed by atoms with van der Waals surface area (Å²) in [5.41, 5.74) is 0.588. The molecule has 1 amide bonds. The number of hydrogen-bond acceptors (Lipinski definition) is 3. The molecule has 1 aromatic carbocycles. The third-order valence-corrected chi connectivity index (χ3v) is 7.29. The van der Waals surface area contributed by atoms with Crippen LogP contribution in [0.3, 0.4) is 0 Å². The van der Waals surface area contributed by atoms with E-state index in [1.807, 2.05) is 23.1 Å². The van der Waals surface area contributed by atoms with Crippen molar-refractivity contribution >= 4 is 23.5 Å². The second-order valence-corrected chi connectivity index (χ2v) is 8.66. The second-order valence-electron chi connectivity index (χ2n) is 8.25. The number of carbonyl (C=O) groups excluding carboxylic acids is 1. The maximum absolute atomic E-state index is 13.6. The second kappa shape index (κ2) is 6.62. The van der Waals surface area contributed by atoms with E-state index < -0.39 is 0 Å². The van der Waals surface area contributed by atoms with E-state index in [1.165, 1.54) is 25.7 Å². The highest BCUT2D eigenvalue weighted by molar-refractivity contribution is 6.34. The number of amides is 1. The summed E-state index contributed by atoms with van der Waals surface area (Å²) in [7, 11) is 0. The quantitative estimate of drug-likeness (QED) is 0.708. The molecule has 1 aromatic heterocycles. The zero-order valence-electron chi connectivity index (χ0n) is 15.5. The van der Waals surface area contributed by atoms with Crippen molar-refractivity contribution in [2.45, 2.75) is 69.4 Å². The number of nitrogens with zero attached hydrogens (tertiary/aromatic N) is 4. The molecule has 0 bridgehead atoms. The monoisotopic (exact) mass is 384 g/mol. The van der Waals surface area contributed by atoms with Crippen molar-refractivity contribution in [3.63, 3.8) is 0 Å². The first-order chi connectivity index (χ1) is 13.2. The number of anilines is 1. The minimum absolute atomic E-state index is 0.0342. The Morgan fingerprint density at radius 2 is 1.85 bits per heavy atom. The number of hydrogen-bond donors (Lipinski definition) is 0. The summed E-state index contributed by atoms with van der Waals surface area (Å²) in [5, 5.41) is 5.15. The van der Waals surface area contributed by atoms with Crippen LogP contribution in [0.15, 0.2) is 30.6 Å². The minimum Gasteiger partial charge on any atom is -0.273 e. The molecule has 2 aliphatic carbocycles. The van der Waals surface area contributed by atoms with Crippen molar-refractivity contribution < 1.29 is 4.79 Å². The Labute approximate surface area is 164 Å². The van der Waals surface area contributed by atoms with Crippen molar-refractivity contribution in [1.29, 1.82) is 0 Å². The van der Waals surface area contributed by atoms with Crippen LogP contribution in [0.25, 0.3) is 0 Å². The fourth-order valence-corrected chi connectivity index (χ4v) is 6.04. The van der Waals surface area contributed by atoms with Crippen molar-refractivity contribution in [1.82, 2.24) is 14.8 Å². The van der Waals surface area contributed by atoms with Gasteiger partial charge in [-0.25, -0.2) is 4.68 Å². The van der Waals surface area contributed by atoms with E-state index >= 15 is 0 Å². The number of fused-ring (bicyclic) bond motifs is 4. The summed E-state index contributed by atoms with van der Waals surface area (Å²) in [5.74, 6) is 1.12. The molecular weight excluding hydrogens is 360 g/mol. The Kier molecular flexibility index (Phi) is 4.23. The highest BCUT2D eigenvalue weighted by atomic mass is 35.5. The molecule has 2 fully saturated rings. The van der Waals surface area contributed by atoms with Gasteiger partial charge in [-0.15, -0.1) is 0 Å². The molecule has 2 aromatic rings. The molecule has 1 spiro atoms. The SMILES string of the molecule is O=C(c1ccccc1Cl)N1c2ncnn2C2(CCCCC2)C2CCCCC21. The molecule has 6 heteroatoms. The zero-order chi connectivity index (χ0) is 18.4. The summed E-state index contributed by atoms with van der Waals surface area (Å²) in [4.78, 5) is 20.1. The lowest BCUT2D eigenvalue weighted by Crippen LogP contribution is -2.61. The lowest BCUT2D eigenvalue weighted by atomic mass is 9.64. The van der Waals surface area contributed by atoms with E-state index in [9.17, 15) is 4.79 Å². The van der Waals surface area contributed by atoms with E-state index in [-0.39, 0.29) is 17.5 Å². The molecule has 2 atom stereocenters. The summed E-state index contributed by atoms with van der Waals surface area (Å²) >= 11 is 6.37. The molecular formula is C21H25ClN4O. The van der Waals surface area contributed by atoms with Crippen LogP contribution in [0.4, 0.5) is 5.95 Å². The Morgan fingerprint density at radius 3 is 2.67 bits per heavy atom. The van der Waals surface area contributed by atoms with Crippen molar-refractivity contribution in [2.24, 2.45) is 5.92 Å². The van der Waals surface area contributed by atoms with Crippen molar-refractivity contribution in [3.05, 3.63) is 41.2 Å². The van der Waals surface area contributed by atoms with Gasteiger partial charge in [-0.3, -0.25) is 9.69 Å². The number of rotatable bonds is 1. The molecule has 3 aliphatic rings. The smallest absolute Gasteiger partial charge is 0.262 e. The molecule has 2 heterocycles. The first kappa shape index (κ1) is 17.2. The van der Waals surface area contributed by atoms with Gasteiger partial charge in [-0.1, -0.05) is 55.8 Å². The Morgan fingerprint density at radius 1 is 1.07 bits per heavy atom. The van der Waals surface area contributed by atoms with Gasteiger partial charge < -0.3 is 0 Å². The van der Waals surface area contributed by atoms with Crippen LogP contribution >= 0.6 is 11.6 Å². The molecule has 5 nitrogen and oxygen atoms in total. The van der Waals surface area contributed by atoms with Gasteiger partial charge >= 0.3 is 0 Å². The van der Waals surface area contributed by atoms with Gasteiger partial charge in [-0.2, -0.15) is 10.1 Å². The average Bonchev–Trinajstić information content (AvgIpc) is 3.20. The standard InChI is InChI=1S/C21H25ClN4O/c22-17-10-4-2-8-15(17)19(27)25-18-11-5-3-9-16(18)21(12-6-1-7-13-21)26-20(25)23-14-24-26/h2,4,8,10,14,16,18H,1,3,5-7,9,11-13H2. The largest absolute Gasteiger partial charge is 0.273 e. The maximum Gasteiger partial charge on any atom is 0.262 e. The predicted molar refractivity (Wildman–Crippen MR) is 105 cm³/mol. The van der Waals surface area contributed by atoms with E-state index in [0.29, 0.717) is 22.5 Å². The van der Waals surface area contributed by atoms with Crippen molar-refractivity contribution in [3.8, 4) is 0 Å². The molecule has 1 aliphatic heterocycles. The van der Waals surface area contributed by atoms with E-state index in [4.69, 9.17) is 11.6 Å².